The van der Waals surface area contributed by atoms with Crippen molar-refractivity contribution >= 4 is 11.8 Å². The van der Waals surface area contributed by atoms with Gasteiger partial charge in [-0.15, -0.1) is 0 Å². The molecule has 0 bridgehead atoms. The highest BCUT2D eigenvalue weighted by atomic mass is 14.8. The summed E-state index contributed by atoms with van der Waals surface area (Å²) in [6.45, 7) is 0.753. The van der Waals surface area contributed by atoms with Crippen molar-refractivity contribution in [2.75, 3.05) is 6.54 Å². The van der Waals surface area contributed by atoms with Gasteiger partial charge in [0.15, 0.2) is 0 Å². The molecule has 17 heavy (non-hydrogen) atoms. The lowest BCUT2D eigenvalue weighted by Crippen LogP contribution is -2.32. The lowest BCUT2D eigenvalue weighted by molar-refractivity contribution is 0.660. The third-order valence-electron chi connectivity index (χ3n) is 3.78. The lowest BCUT2D eigenvalue weighted by atomic mass is 9.95. The van der Waals surface area contributed by atoms with Gasteiger partial charge in [-0.25, -0.2) is 4.99 Å². The van der Waals surface area contributed by atoms with E-state index in [4.69, 9.17) is 4.99 Å². The van der Waals surface area contributed by atoms with Crippen LogP contribution in [0.25, 0.3) is 5.57 Å². The molecule has 1 aromatic rings. The molecule has 2 aliphatic heterocycles. The number of aryl methyl sites for hydroxylation is 1. The van der Waals surface area contributed by atoms with E-state index in [1.54, 1.807) is 0 Å². The Balaban J connectivity index is 2.08. The second kappa shape index (κ2) is 3.36. The van der Waals surface area contributed by atoms with Crippen LogP contribution in [0.2, 0.25) is 0 Å². The molecule has 4 rings (SSSR count). The van der Waals surface area contributed by atoms with Crippen LogP contribution < -0.4 is 10.6 Å². The fourth-order valence-electron chi connectivity index (χ4n) is 2.90. The molecular formula is C14H13N3. The Bertz CT molecular complexity index is 680. The molecule has 0 amide bonds. The molecule has 0 unspecified atom stereocenters. The van der Waals surface area contributed by atoms with Crippen molar-refractivity contribution in [2.24, 2.45) is 9.98 Å². The molecule has 3 nitrogen and oxygen atoms in total. The zero-order valence-electron chi connectivity index (χ0n) is 9.61. The highest BCUT2D eigenvalue weighted by Gasteiger charge is 2.20. The number of aromatic nitrogens is 1. The Morgan fingerprint density at radius 1 is 1.12 bits per heavy atom. The Morgan fingerprint density at radius 3 is 3.06 bits per heavy atom. The number of pyridine rings is 1. The fraction of sp³-hybridized carbons (Fsp3) is 0.357. The second-order valence-electron chi connectivity index (χ2n) is 4.78. The highest BCUT2D eigenvalue weighted by Crippen LogP contribution is 2.20. The van der Waals surface area contributed by atoms with Crippen LogP contribution in [-0.2, 0) is 12.8 Å². The maximum atomic E-state index is 4.78. The van der Waals surface area contributed by atoms with E-state index < -0.39 is 0 Å². The molecule has 0 radical (unpaired) electrons. The van der Waals surface area contributed by atoms with Gasteiger partial charge in [0.2, 0.25) is 0 Å². The summed E-state index contributed by atoms with van der Waals surface area (Å²) in [6.07, 6.45) is 10.6. The summed E-state index contributed by atoms with van der Waals surface area (Å²) in [6, 6.07) is 0. The number of allylic oxidation sites excluding steroid dienone is 1. The Hall–Kier alpha value is -1.77. The Kier molecular flexibility index (Phi) is 1.83. The topological polar surface area (TPSA) is 37.6 Å². The third-order valence-corrected chi connectivity index (χ3v) is 3.78. The van der Waals surface area contributed by atoms with Crippen LogP contribution in [0.4, 0.5) is 0 Å². The van der Waals surface area contributed by atoms with Gasteiger partial charge in [-0.2, -0.15) is 0 Å². The molecule has 0 aromatic carbocycles. The third kappa shape index (κ3) is 1.25. The van der Waals surface area contributed by atoms with Crippen LogP contribution in [-0.4, -0.2) is 17.7 Å². The van der Waals surface area contributed by atoms with E-state index in [1.165, 1.54) is 40.2 Å². The summed E-state index contributed by atoms with van der Waals surface area (Å²) in [5.41, 5.74) is 5.00. The number of hydrogen-bond acceptors (Lipinski definition) is 3. The summed E-state index contributed by atoms with van der Waals surface area (Å²) >= 11 is 0. The van der Waals surface area contributed by atoms with Crippen LogP contribution in [0, 0.1) is 0 Å². The monoisotopic (exact) mass is 223 g/mol. The minimum absolute atomic E-state index is 0.753. The van der Waals surface area contributed by atoms with Crippen molar-refractivity contribution in [1.82, 2.24) is 4.98 Å². The molecule has 0 atom stereocenters. The first-order valence-electron chi connectivity index (χ1n) is 6.22. The standard InChI is InChI=1S/C14H13N3/c1-2-4-12-9(3-1)14-11(8-16-12)10-7-15-6-5-13(10)17-14/h5-6,8H,1-4,7H2. The minimum atomic E-state index is 0.753. The van der Waals surface area contributed by atoms with Crippen molar-refractivity contribution in [3.63, 3.8) is 0 Å². The van der Waals surface area contributed by atoms with E-state index in [2.05, 4.69) is 9.98 Å². The average molecular weight is 223 g/mol. The first kappa shape index (κ1) is 9.28. The van der Waals surface area contributed by atoms with Gasteiger partial charge in [0.05, 0.1) is 17.6 Å². The number of fused-ring (bicyclic) bond motifs is 4. The molecule has 3 aliphatic rings. The van der Waals surface area contributed by atoms with Crippen LogP contribution >= 0.6 is 0 Å². The van der Waals surface area contributed by atoms with Gasteiger partial charge in [0, 0.05) is 28.9 Å². The molecule has 3 heteroatoms. The zero-order chi connectivity index (χ0) is 11.2. The summed E-state index contributed by atoms with van der Waals surface area (Å²) in [5, 5.41) is 2.40. The predicted molar refractivity (Wildman–Crippen MR) is 66.5 cm³/mol. The Labute approximate surface area is 99.3 Å². The van der Waals surface area contributed by atoms with E-state index in [0.717, 1.165) is 25.1 Å². The molecular weight excluding hydrogens is 210 g/mol. The highest BCUT2D eigenvalue weighted by molar-refractivity contribution is 5.84. The molecule has 0 spiro atoms. The van der Waals surface area contributed by atoms with Gasteiger partial charge >= 0.3 is 0 Å². The van der Waals surface area contributed by atoms with Crippen LogP contribution in [0.1, 0.15) is 24.1 Å². The van der Waals surface area contributed by atoms with Crippen molar-refractivity contribution in [1.29, 1.82) is 0 Å². The second-order valence-corrected chi connectivity index (χ2v) is 4.78. The quantitative estimate of drug-likeness (QED) is 0.638. The van der Waals surface area contributed by atoms with E-state index >= 15 is 0 Å². The lowest BCUT2D eigenvalue weighted by Gasteiger charge is -2.13. The van der Waals surface area contributed by atoms with E-state index in [-0.39, 0.29) is 0 Å². The maximum Gasteiger partial charge on any atom is 0.0779 e. The smallest absolute Gasteiger partial charge is 0.0779 e. The van der Waals surface area contributed by atoms with Crippen molar-refractivity contribution in [3.8, 4) is 0 Å². The number of nitrogens with zero attached hydrogens (tertiary/aromatic N) is 3. The average Bonchev–Trinajstić information content (AvgIpc) is 2.78. The van der Waals surface area contributed by atoms with Crippen LogP contribution in [0.5, 0.6) is 0 Å². The molecule has 1 aliphatic carbocycles. The number of hydrogen-bond donors (Lipinski definition) is 0. The molecule has 84 valence electrons. The molecule has 0 fully saturated rings. The van der Waals surface area contributed by atoms with Gasteiger partial charge in [-0.3, -0.25) is 9.98 Å². The van der Waals surface area contributed by atoms with E-state index in [0.29, 0.717) is 0 Å². The van der Waals surface area contributed by atoms with Gasteiger partial charge < -0.3 is 0 Å². The summed E-state index contributed by atoms with van der Waals surface area (Å²) in [7, 11) is 0. The van der Waals surface area contributed by atoms with E-state index in [9.17, 15) is 0 Å². The van der Waals surface area contributed by atoms with Crippen molar-refractivity contribution < 1.29 is 0 Å². The van der Waals surface area contributed by atoms with Crippen molar-refractivity contribution in [3.05, 3.63) is 39.8 Å². The largest absolute Gasteiger partial charge is 0.288 e. The summed E-state index contributed by atoms with van der Waals surface area (Å²) in [4.78, 5) is 13.7. The molecule has 1 aromatic heterocycles. The fourth-order valence-corrected chi connectivity index (χ4v) is 2.90. The summed E-state index contributed by atoms with van der Waals surface area (Å²) in [5.74, 6) is 0. The van der Waals surface area contributed by atoms with Gasteiger partial charge in [0.25, 0.3) is 0 Å². The first-order chi connectivity index (χ1) is 8.43. The Morgan fingerprint density at radius 2 is 2.06 bits per heavy atom. The van der Waals surface area contributed by atoms with Crippen molar-refractivity contribution in [2.45, 2.75) is 25.7 Å². The van der Waals surface area contributed by atoms with E-state index in [1.807, 2.05) is 18.5 Å². The minimum Gasteiger partial charge on any atom is -0.288 e. The first-order valence-corrected chi connectivity index (χ1v) is 6.22. The number of rotatable bonds is 0. The van der Waals surface area contributed by atoms with Crippen LogP contribution in [0.15, 0.2) is 28.0 Å². The van der Waals surface area contributed by atoms with Gasteiger partial charge in [-0.1, -0.05) is 0 Å². The molecule has 0 N–H and O–H groups in total. The van der Waals surface area contributed by atoms with Crippen LogP contribution in [0.3, 0.4) is 0 Å². The number of aliphatic imine (C=N–C) groups is 1. The van der Waals surface area contributed by atoms with Gasteiger partial charge in [0.1, 0.15) is 0 Å². The molecule has 3 heterocycles. The molecule has 0 saturated heterocycles. The maximum absolute atomic E-state index is 4.78. The van der Waals surface area contributed by atoms with Gasteiger partial charge in [-0.05, 0) is 37.3 Å². The molecule has 0 saturated carbocycles. The summed E-state index contributed by atoms with van der Waals surface area (Å²) < 4.78 is 0. The SMILES string of the molecule is C1=NCC2=c3cnc4c(c3=NC2=C1)CCCC4. The zero-order valence-corrected chi connectivity index (χ0v) is 9.61. The number of dihydropyridines is 1. The predicted octanol–water partition coefficient (Wildman–Crippen LogP) is 0.713. The normalized spacial score (nSPS) is 20.2.